The van der Waals surface area contributed by atoms with Gasteiger partial charge in [-0.2, -0.15) is 0 Å². The second kappa shape index (κ2) is 8.71. The molecule has 3 rings (SSSR count). The molecule has 1 N–H and O–H groups in total. The number of carboxylic acids is 1. The number of benzene rings is 2. The maximum absolute atomic E-state index is 12.6. The number of carbonyl (C=O) groups is 2. The van der Waals surface area contributed by atoms with Crippen LogP contribution in [0.1, 0.15) is 43.5 Å². The van der Waals surface area contributed by atoms with Crippen LogP contribution in [0.25, 0.3) is 0 Å². The predicted octanol–water partition coefficient (Wildman–Crippen LogP) is 0.809. The molecule has 132 valence electrons. The molecule has 1 amide bonds. The average Bonchev–Trinajstić information content (AvgIpc) is 2.96. The van der Waals surface area contributed by atoms with E-state index in [9.17, 15) is 9.59 Å². The van der Waals surface area contributed by atoms with Gasteiger partial charge in [0.05, 0.1) is 5.56 Å². The van der Waals surface area contributed by atoms with Crippen molar-refractivity contribution in [3.8, 4) is 5.75 Å². The van der Waals surface area contributed by atoms with E-state index in [0.717, 1.165) is 0 Å². The first-order valence-electron chi connectivity index (χ1n) is 8.37. The summed E-state index contributed by atoms with van der Waals surface area (Å²) in [5.41, 5.74) is 1.97. The second-order valence-corrected chi connectivity index (χ2v) is 6.46. The van der Waals surface area contributed by atoms with E-state index >= 15 is 0 Å². The summed E-state index contributed by atoms with van der Waals surface area (Å²) in [6.07, 6.45) is 0.0283. The van der Waals surface area contributed by atoms with Gasteiger partial charge in [-0.15, -0.1) is 0 Å². The van der Waals surface area contributed by atoms with E-state index in [2.05, 4.69) is 13.8 Å². The first kappa shape index (κ1) is 20.5. The molecule has 0 radical (unpaired) electrons. The Balaban J connectivity index is 0.00000182. The van der Waals surface area contributed by atoms with Crippen molar-refractivity contribution in [2.45, 2.75) is 32.3 Å². The minimum atomic E-state index is -1.01. The zero-order valence-corrected chi connectivity index (χ0v) is 17.3. The van der Waals surface area contributed by atoms with Gasteiger partial charge in [0.2, 0.25) is 0 Å². The third-order valence-electron chi connectivity index (χ3n) is 4.39. The zero-order chi connectivity index (χ0) is 18.0. The molecule has 6 heteroatoms. The van der Waals surface area contributed by atoms with E-state index in [4.69, 9.17) is 9.84 Å². The second-order valence-electron chi connectivity index (χ2n) is 6.46. The molecule has 1 atom stereocenters. The summed E-state index contributed by atoms with van der Waals surface area (Å²) in [6.45, 7) is 4.76. The molecule has 1 unspecified atom stereocenters. The van der Waals surface area contributed by atoms with Gasteiger partial charge >= 0.3 is 35.5 Å². The third-order valence-corrected chi connectivity index (χ3v) is 4.39. The fourth-order valence-corrected chi connectivity index (χ4v) is 2.92. The van der Waals surface area contributed by atoms with Crippen LogP contribution in [0.5, 0.6) is 5.75 Å². The van der Waals surface area contributed by atoms with Crippen molar-refractivity contribution in [2.24, 2.45) is 0 Å². The first-order chi connectivity index (χ1) is 12.0. The van der Waals surface area contributed by atoms with Crippen molar-refractivity contribution >= 4 is 17.6 Å². The molecule has 2 aromatic carbocycles. The van der Waals surface area contributed by atoms with E-state index in [-0.39, 0.29) is 42.5 Å². The largest absolute Gasteiger partial charge is 1.00 e. The van der Waals surface area contributed by atoms with Crippen LogP contribution in [0.3, 0.4) is 0 Å². The molecule has 0 saturated carbocycles. The van der Waals surface area contributed by atoms with Crippen molar-refractivity contribution in [1.29, 1.82) is 0 Å². The zero-order valence-electron chi connectivity index (χ0n) is 16.3. The minimum absolute atomic E-state index is 0. The molecule has 1 fully saturated rings. The normalized spacial score (nSPS) is 16.5. The number of amides is 1. The molecule has 1 aliphatic heterocycles. The predicted molar refractivity (Wildman–Crippen MR) is 96.4 cm³/mol. The number of aromatic carboxylic acids is 1. The average molecular weight is 363 g/mol. The summed E-state index contributed by atoms with van der Waals surface area (Å²) in [6, 6.07) is 14.2. The number of carbonyl (C=O) groups excluding carboxylic acids is 1. The van der Waals surface area contributed by atoms with E-state index < -0.39 is 12.1 Å². The van der Waals surface area contributed by atoms with Gasteiger partial charge < -0.3 is 16.2 Å². The van der Waals surface area contributed by atoms with Gasteiger partial charge in [-0.3, -0.25) is 4.79 Å². The SMILES string of the molecule is CC(C)c1ccc(OC2CCN(c3cccc(C(=O)O)c3)C2=O)cc1.[H-].[Na+]. The molecule has 5 nitrogen and oxygen atoms in total. The van der Waals surface area contributed by atoms with E-state index in [1.807, 2.05) is 24.3 Å². The Labute approximate surface area is 176 Å². The molecule has 1 saturated heterocycles. The number of anilines is 1. The van der Waals surface area contributed by atoms with Crippen LogP contribution in [0.2, 0.25) is 0 Å². The maximum atomic E-state index is 12.6. The van der Waals surface area contributed by atoms with Gasteiger partial charge in [-0.1, -0.05) is 32.0 Å². The minimum Gasteiger partial charge on any atom is -1.00 e. The number of rotatable bonds is 5. The summed E-state index contributed by atoms with van der Waals surface area (Å²) in [5, 5.41) is 9.10. The van der Waals surface area contributed by atoms with Gasteiger partial charge in [0.1, 0.15) is 5.75 Å². The van der Waals surface area contributed by atoms with Gasteiger partial charge in [-0.05, 0) is 41.8 Å². The fourth-order valence-electron chi connectivity index (χ4n) is 2.92. The monoisotopic (exact) mass is 363 g/mol. The number of nitrogens with zero attached hydrogens (tertiary/aromatic N) is 1. The Morgan fingerprint density at radius 1 is 1.23 bits per heavy atom. The number of hydrogen-bond donors (Lipinski definition) is 1. The molecule has 2 aromatic rings. The fraction of sp³-hybridized carbons (Fsp3) is 0.300. The Bertz CT molecular complexity index is 795. The van der Waals surface area contributed by atoms with Crippen molar-refractivity contribution in [2.75, 3.05) is 11.4 Å². The third kappa shape index (κ3) is 4.47. The molecular weight excluding hydrogens is 341 g/mol. The van der Waals surface area contributed by atoms with Crippen molar-refractivity contribution in [1.82, 2.24) is 0 Å². The standard InChI is InChI=1S/C20H21NO4.Na.H/c1-13(2)14-6-8-17(9-7-14)25-18-10-11-21(19(18)22)16-5-3-4-15(12-16)20(23)24;;/h3-9,12-13,18H,10-11H2,1-2H3,(H,23,24);;/q;+1;-1. The van der Waals surface area contributed by atoms with E-state index in [1.165, 1.54) is 17.7 Å². The Hall–Kier alpha value is -1.82. The summed E-state index contributed by atoms with van der Waals surface area (Å²) >= 11 is 0. The van der Waals surface area contributed by atoms with Gasteiger partial charge in [-0.25, -0.2) is 4.79 Å². The van der Waals surface area contributed by atoms with Crippen molar-refractivity contribution in [3.05, 3.63) is 59.7 Å². The van der Waals surface area contributed by atoms with Crippen LogP contribution in [-0.4, -0.2) is 29.6 Å². The van der Waals surface area contributed by atoms with E-state index in [1.54, 1.807) is 17.0 Å². The van der Waals surface area contributed by atoms with Crippen LogP contribution >= 0.6 is 0 Å². The molecule has 1 heterocycles. The molecule has 0 aliphatic carbocycles. The first-order valence-corrected chi connectivity index (χ1v) is 8.37. The number of carboxylic acid groups (broad SMARTS) is 1. The van der Waals surface area contributed by atoms with Gasteiger partial charge in [0.25, 0.3) is 5.91 Å². The topological polar surface area (TPSA) is 66.8 Å². The van der Waals surface area contributed by atoms with Gasteiger partial charge in [0, 0.05) is 18.7 Å². The Morgan fingerprint density at radius 3 is 2.54 bits per heavy atom. The number of ether oxygens (including phenoxy) is 1. The smallest absolute Gasteiger partial charge is 1.00 e. The van der Waals surface area contributed by atoms with Crippen LogP contribution in [-0.2, 0) is 4.79 Å². The van der Waals surface area contributed by atoms with E-state index in [0.29, 0.717) is 30.3 Å². The summed E-state index contributed by atoms with van der Waals surface area (Å²) in [5.74, 6) is -0.0370. The molecule has 0 bridgehead atoms. The van der Waals surface area contributed by atoms with Crippen molar-refractivity contribution in [3.63, 3.8) is 0 Å². The molecule has 0 spiro atoms. The van der Waals surface area contributed by atoms with Crippen LogP contribution in [0.4, 0.5) is 5.69 Å². The molecule has 26 heavy (non-hydrogen) atoms. The molecular formula is C20H22NNaO4. The molecule has 0 aromatic heterocycles. The van der Waals surface area contributed by atoms with Gasteiger partial charge in [0.15, 0.2) is 6.10 Å². The van der Waals surface area contributed by atoms with Crippen LogP contribution < -0.4 is 39.2 Å². The number of hydrogen-bond acceptors (Lipinski definition) is 3. The Morgan fingerprint density at radius 2 is 1.92 bits per heavy atom. The Kier molecular flexibility index (Phi) is 6.87. The quantitative estimate of drug-likeness (QED) is 0.799. The molecule has 1 aliphatic rings. The summed E-state index contributed by atoms with van der Waals surface area (Å²) in [4.78, 5) is 25.3. The summed E-state index contributed by atoms with van der Waals surface area (Å²) < 4.78 is 5.84. The maximum Gasteiger partial charge on any atom is 1.00 e. The van der Waals surface area contributed by atoms with Crippen LogP contribution in [0.15, 0.2) is 48.5 Å². The van der Waals surface area contributed by atoms with Crippen molar-refractivity contribution < 1.29 is 50.4 Å². The van der Waals surface area contributed by atoms with Crippen LogP contribution in [0, 0.1) is 0 Å². The summed E-state index contributed by atoms with van der Waals surface area (Å²) in [7, 11) is 0.